The Hall–Kier alpha value is -2.26. The third-order valence-corrected chi connectivity index (χ3v) is 4.45. The summed E-state index contributed by atoms with van der Waals surface area (Å²) in [5.41, 5.74) is 0.739. The fourth-order valence-corrected chi connectivity index (χ4v) is 3.16. The second-order valence-electron chi connectivity index (χ2n) is 4.94. The van der Waals surface area contributed by atoms with Gasteiger partial charge >= 0.3 is 0 Å². The number of hydrogen-bond donors (Lipinski definition) is 1. The highest BCUT2D eigenvalue weighted by Crippen LogP contribution is 2.19. The molecule has 0 saturated heterocycles. The molecule has 0 heterocycles. The standard InChI is InChI=1S/C19H17NOS/c21-19(20-13-14-22-16-9-2-1-3-10-16)18-12-6-8-15-7-4-5-11-17(15)18/h1-12H,13-14H2,(H,20,21). The summed E-state index contributed by atoms with van der Waals surface area (Å²) in [6.07, 6.45) is 0. The SMILES string of the molecule is O=C(NCCSc1ccccc1)c1cccc2ccccc12. The highest BCUT2D eigenvalue weighted by molar-refractivity contribution is 7.99. The summed E-state index contributed by atoms with van der Waals surface area (Å²) < 4.78 is 0. The maximum atomic E-state index is 12.3. The van der Waals surface area contributed by atoms with Crippen molar-refractivity contribution in [3.63, 3.8) is 0 Å². The van der Waals surface area contributed by atoms with Gasteiger partial charge in [0.05, 0.1) is 0 Å². The van der Waals surface area contributed by atoms with E-state index in [-0.39, 0.29) is 5.91 Å². The van der Waals surface area contributed by atoms with Crippen LogP contribution in [0.25, 0.3) is 10.8 Å². The molecule has 0 aliphatic carbocycles. The smallest absolute Gasteiger partial charge is 0.251 e. The zero-order valence-electron chi connectivity index (χ0n) is 12.2. The molecule has 0 aliphatic heterocycles. The van der Waals surface area contributed by atoms with E-state index in [9.17, 15) is 4.79 Å². The lowest BCUT2D eigenvalue weighted by atomic mass is 10.0. The van der Waals surface area contributed by atoms with Gasteiger partial charge in [-0.3, -0.25) is 4.79 Å². The average Bonchev–Trinajstić information content (AvgIpc) is 2.59. The van der Waals surface area contributed by atoms with Gasteiger partial charge in [-0.05, 0) is 29.0 Å². The van der Waals surface area contributed by atoms with Crippen LogP contribution in [-0.2, 0) is 0 Å². The molecular formula is C19H17NOS. The summed E-state index contributed by atoms with van der Waals surface area (Å²) >= 11 is 1.75. The normalized spacial score (nSPS) is 10.5. The van der Waals surface area contributed by atoms with Crippen molar-refractivity contribution >= 4 is 28.4 Å². The Kier molecular flexibility index (Phi) is 4.76. The lowest BCUT2D eigenvalue weighted by molar-refractivity contribution is 0.0958. The van der Waals surface area contributed by atoms with Crippen LogP contribution in [0.5, 0.6) is 0 Å². The van der Waals surface area contributed by atoms with E-state index in [0.29, 0.717) is 6.54 Å². The van der Waals surface area contributed by atoms with E-state index < -0.39 is 0 Å². The Morgan fingerprint density at radius 3 is 2.45 bits per heavy atom. The lowest BCUT2D eigenvalue weighted by Gasteiger charge is -2.08. The zero-order valence-corrected chi connectivity index (χ0v) is 13.0. The fourth-order valence-electron chi connectivity index (χ4n) is 2.37. The average molecular weight is 307 g/mol. The Balaban J connectivity index is 1.60. The predicted octanol–water partition coefficient (Wildman–Crippen LogP) is 4.36. The molecule has 3 aromatic carbocycles. The second kappa shape index (κ2) is 7.14. The summed E-state index contributed by atoms with van der Waals surface area (Å²) in [7, 11) is 0. The number of hydrogen-bond acceptors (Lipinski definition) is 2. The third kappa shape index (κ3) is 3.49. The van der Waals surface area contributed by atoms with Gasteiger partial charge in [0.15, 0.2) is 0 Å². The van der Waals surface area contributed by atoms with Crippen molar-refractivity contribution < 1.29 is 4.79 Å². The minimum Gasteiger partial charge on any atom is -0.351 e. The van der Waals surface area contributed by atoms with Gasteiger partial charge in [-0.15, -0.1) is 11.8 Å². The van der Waals surface area contributed by atoms with Crippen LogP contribution in [0.4, 0.5) is 0 Å². The molecule has 2 nitrogen and oxygen atoms in total. The van der Waals surface area contributed by atoms with Crippen LogP contribution < -0.4 is 5.32 Å². The fraction of sp³-hybridized carbons (Fsp3) is 0.105. The Morgan fingerprint density at radius 2 is 1.59 bits per heavy atom. The number of carbonyl (C=O) groups is 1. The first-order valence-corrected chi connectivity index (χ1v) is 8.27. The van der Waals surface area contributed by atoms with E-state index in [1.54, 1.807) is 11.8 Å². The van der Waals surface area contributed by atoms with Crippen molar-refractivity contribution in [3.8, 4) is 0 Å². The van der Waals surface area contributed by atoms with Crippen molar-refractivity contribution in [2.45, 2.75) is 4.90 Å². The lowest BCUT2D eigenvalue weighted by Crippen LogP contribution is -2.25. The molecule has 22 heavy (non-hydrogen) atoms. The van der Waals surface area contributed by atoms with E-state index in [0.717, 1.165) is 22.1 Å². The molecule has 1 N–H and O–H groups in total. The molecular weight excluding hydrogens is 290 g/mol. The van der Waals surface area contributed by atoms with Gasteiger partial charge in [0.1, 0.15) is 0 Å². The van der Waals surface area contributed by atoms with E-state index >= 15 is 0 Å². The third-order valence-electron chi connectivity index (χ3n) is 3.43. The molecule has 3 heteroatoms. The van der Waals surface area contributed by atoms with E-state index in [1.165, 1.54) is 4.90 Å². The van der Waals surface area contributed by atoms with Crippen LogP contribution in [-0.4, -0.2) is 18.2 Å². The molecule has 0 atom stereocenters. The molecule has 3 aromatic rings. The molecule has 1 amide bonds. The topological polar surface area (TPSA) is 29.1 Å². The van der Waals surface area contributed by atoms with Crippen molar-refractivity contribution in [3.05, 3.63) is 78.4 Å². The minimum atomic E-state index is -0.00883. The van der Waals surface area contributed by atoms with Gasteiger partial charge in [-0.2, -0.15) is 0 Å². The summed E-state index contributed by atoms with van der Waals surface area (Å²) in [5, 5.41) is 5.09. The number of amides is 1. The molecule has 110 valence electrons. The van der Waals surface area contributed by atoms with E-state index in [4.69, 9.17) is 0 Å². The number of rotatable bonds is 5. The highest BCUT2D eigenvalue weighted by Gasteiger charge is 2.08. The maximum Gasteiger partial charge on any atom is 0.251 e. The number of nitrogens with one attached hydrogen (secondary N) is 1. The number of carbonyl (C=O) groups excluding carboxylic acids is 1. The molecule has 0 spiro atoms. The zero-order chi connectivity index (χ0) is 15.2. The largest absolute Gasteiger partial charge is 0.351 e. The molecule has 0 saturated carbocycles. The van der Waals surface area contributed by atoms with E-state index in [2.05, 4.69) is 17.4 Å². The molecule has 3 rings (SSSR count). The van der Waals surface area contributed by atoms with Gasteiger partial charge in [-0.25, -0.2) is 0 Å². The first kappa shape index (κ1) is 14.7. The molecule has 0 unspecified atom stereocenters. The minimum absolute atomic E-state index is 0.00883. The maximum absolute atomic E-state index is 12.3. The van der Waals surface area contributed by atoms with Crippen molar-refractivity contribution in [2.75, 3.05) is 12.3 Å². The second-order valence-corrected chi connectivity index (χ2v) is 6.11. The number of thioether (sulfide) groups is 1. The quantitative estimate of drug-likeness (QED) is 0.560. The van der Waals surface area contributed by atoms with Crippen molar-refractivity contribution in [1.82, 2.24) is 5.32 Å². The van der Waals surface area contributed by atoms with Crippen LogP contribution in [0.15, 0.2) is 77.7 Å². The van der Waals surface area contributed by atoms with Crippen LogP contribution in [0.3, 0.4) is 0 Å². The predicted molar refractivity (Wildman–Crippen MR) is 93.4 cm³/mol. The van der Waals surface area contributed by atoms with Gasteiger partial charge in [0.25, 0.3) is 5.91 Å². The molecule has 0 fully saturated rings. The summed E-state index contributed by atoms with van der Waals surface area (Å²) in [6.45, 7) is 0.654. The monoisotopic (exact) mass is 307 g/mol. The number of benzene rings is 3. The Labute approximate surface area is 134 Å². The van der Waals surface area contributed by atoms with Gasteiger partial charge in [0.2, 0.25) is 0 Å². The highest BCUT2D eigenvalue weighted by atomic mass is 32.2. The Morgan fingerprint density at radius 1 is 0.864 bits per heavy atom. The summed E-state index contributed by atoms with van der Waals surface area (Å²) in [5.74, 6) is 0.853. The van der Waals surface area contributed by atoms with Crippen LogP contribution in [0.1, 0.15) is 10.4 Å². The van der Waals surface area contributed by atoms with Crippen LogP contribution in [0, 0.1) is 0 Å². The number of fused-ring (bicyclic) bond motifs is 1. The van der Waals surface area contributed by atoms with Gasteiger partial charge < -0.3 is 5.32 Å². The Bertz CT molecular complexity index is 765. The molecule has 0 aromatic heterocycles. The first-order chi connectivity index (χ1) is 10.8. The van der Waals surface area contributed by atoms with Gasteiger partial charge in [-0.1, -0.05) is 54.6 Å². The van der Waals surface area contributed by atoms with Crippen molar-refractivity contribution in [2.24, 2.45) is 0 Å². The van der Waals surface area contributed by atoms with Gasteiger partial charge in [0, 0.05) is 22.8 Å². The molecule has 0 aliphatic rings. The van der Waals surface area contributed by atoms with E-state index in [1.807, 2.05) is 60.7 Å². The summed E-state index contributed by atoms with van der Waals surface area (Å²) in [4.78, 5) is 13.6. The van der Waals surface area contributed by atoms with Crippen LogP contribution >= 0.6 is 11.8 Å². The molecule has 0 bridgehead atoms. The molecule has 0 radical (unpaired) electrons. The summed E-state index contributed by atoms with van der Waals surface area (Å²) in [6, 6.07) is 24.0. The van der Waals surface area contributed by atoms with Crippen molar-refractivity contribution in [1.29, 1.82) is 0 Å². The van der Waals surface area contributed by atoms with Crippen LogP contribution in [0.2, 0.25) is 0 Å². The first-order valence-electron chi connectivity index (χ1n) is 7.28.